The van der Waals surface area contributed by atoms with E-state index < -0.39 is 0 Å². The molecule has 2 fully saturated rings. The lowest BCUT2D eigenvalue weighted by Gasteiger charge is -2.37. The van der Waals surface area contributed by atoms with Gasteiger partial charge in [-0.05, 0) is 38.5 Å². The average molecular weight is 246 g/mol. The van der Waals surface area contributed by atoms with Crippen molar-refractivity contribution in [2.24, 2.45) is 0 Å². The molecule has 1 aliphatic heterocycles. The second-order valence-electron chi connectivity index (χ2n) is 5.38. The first-order valence-corrected chi connectivity index (χ1v) is 7.25. The molecule has 1 heterocycles. The van der Waals surface area contributed by atoms with Gasteiger partial charge in [0.15, 0.2) is 0 Å². The summed E-state index contributed by atoms with van der Waals surface area (Å²) in [5.41, 5.74) is 0. The van der Waals surface area contributed by atoms with E-state index >= 15 is 0 Å². The Bertz CT molecular complexity index is 204. The molecule has 0 bridgehead atoms. The van der Waals surface area contributed by atoms with Gasteiger partial charge < -0.3 is 10.0 Å². The van der Waals surface area contributed by atoms with Crippen molar-refractivity contribution < 1.29 is 5.11 Å². The Morgan fingerprint density at radius 3 is 2.31 bits per heavy atom. The molecule has 1 N–H and O–H groups in total. The molecule has 0 aromatic heterocycles. The molecular formula is C13H24ClNO. The quantitative estimate of drug-likeness (QED) is 0.719. The third-order valence-corrected chi connectivity index (χ3v) is 4.57. The fourth-order valence-corrected chi connectivity index (χ4v) is 3.30. The molecular weight excluding hydrogens is 222 g/mol. The number of nitrogens with zero attached hydrogens (tertiary/aromatic N) is 1. The van der Waals surface area contributed by atoms with E-state index in [-0.39, 0.29) is 6.10 Å². The van der Waals surface area contributed by atoms with Crippen LogP contribution in [0.4, 0.5) is 0 Å². The molecule has 0 spiro atoms. The molecule has 1 saturated heterocycles. The Balaban J connectivity index is 1.82. The fourth-order valence-electron chi connectivity index (χ4n) is 3.02. The maximum atomic E-state index is 9.52. The maximum Gasteiger partial charge on any atom is 0.0564 e. The van der Waals surface area contributed by atoms with Crippen LogP contribution >= 0.6 is 11.6 Å². The first-order chi connectivity index (χ1) is 7.75. The number of likely N-dealkylation sites (tertiary alicyclic amines) is 1. The van der Waals surface area contributed by atoms with Crippen LogP contribution in [-0.4, -0.2) is 40.6 Å². The van der Waals surface area contributed by atoms with Gasteiger partial charge in [-0.25, -0.2) is 0 Å². The minimum Gasteiger partial charge on any atom is -0.393 e. The van der Waals surface area contributed by atoms with Gasteiger partial charge in [0.1, 0.15) is 0 Å². The summed E-state index contributed by atoms with van der Waals surface area (Å²) >= 11 is 6.26. The molecule has 2 atom stereocenters. The standard InChI is InChI=1S/C13H24ClNO/c14-11-3-1-2-4-12(6-5-11)15-9-7-13(16)8-10-15/h11-13,16H,1-10H2. The minimum absolute atomic E-state index is 0.0504. The summed E-state index contributed by atoms with van der Waals surface area (Å²) in [5.74, 6) is 0. The van der Waals surface area contributed by atoms with Crippen LogP contribution < -0.4 is 0 Å². The van der Waals surface area contributed by atoms with Crippen LogP contribution in [0.2, 0.25) is 0 Å². The molecule has 2 nitrogen and oxygen atoms in total. The number of aliphatic hydroxyl groups is 1. The van der Waals surface area contributed by atoms with E-state index in [4.69, 9.17) is 11.6 Å². The normalized spacial score (nSPS) is 35.6. The van der Waals surface area contributed by atoms with Gasteiger partial charge in [0.25, 0.3) is 0 Å². The Morgan fingerprint density at radius 1 is 0.875 bits per heavy atom. The zero-order valence-electron chi connectivity index (χ0n) is 10.1. The van der Waals surface area contributed by atoms with E-state index in [0.717, 1.165) is 32.0 Å². The lowest BCUT2D eigenvalue weighted by atomic mass is 9.93. The van der Waals surface area contributed by atoms with Crippen LogP contribution in [0.3, 0.4) is 0 Å². The van der Waals surface area contributed by atoms with Crippen LogP contribution in [0.5, 0.6) is 0 Å². The van der Waals surface area contributed by atoms with Crippen LogP contribution in [-0.2, 0) is 0 Å². The summed E-state index contributed by atoms with van der Waals surface area (Å²) < 4.78 is 0. The molecule has 2 unspecified atom stereocenters. The second kappa shape index (κ2) is 6.23. The van der Waals surface area contributed by atoms with E-state index in [1.54, 1.807) is 0 Å². The van der Waals surface area contributed by atoms with Crippen molar-refractivity contribution in [3.63, 3.8) is 0 Å². The first-order valence-electron chi connectivity index (χ1n) is 6.82. The Kier molecular flexibility index (Phi) is 4.93. The van der Waals surface area contributed by atoms with Gasteiger partial charge in [0.2, 0.25) is 0 Å². The number of hydrogen-bond acceptors (Lipinski definition) is 2. The van der Waals surface area contributed by atoms with Crippen molar-refractivity contribution in [2.45, 2.75) is 68.9 Å². The van der Waals surface area contributed by atoms with E-state index in [1.165, 1.54) is 38.5 Å². The Labute approximate surface area is 104 Å². The van der Waals surface area contributed by atoms with Crippen molar-refractivity contribution in [3.05, 3.63) is 0 Å². The average Bonchev–Trinajstić information content (AvgIpc) is 2.26. The predicted octanol–water partition coefficient (Wildman–Crippen LogP) is 2.77. The van der Waals surface area contributed by atoms with Crippen molar-refractivity contribution in [3.8, 4) is 0 Å². The smallest absolute Gasteiger partial charge is 0.0564 e. The van der Waals surface area contributed by atoms with Gasteiger partial charge in [-0.3, -0.25) is 0 Å². The number of halogens is 1. The minimum atomic E-state index is -0.0504. The molecule has 0 amide bonds. The zero-order chi connectivity index (χ0) is 11.4. The lowest BCUT2D eigenvalue weighted by molar-refractivity contribution is 0.0536. The third-order valence-electron chi connectivity index (χ3n) is 4.13. The molecule has 0 radical (unpaired) electrons. The van der Waals surface area contributed by atoms with E-state index in [1.807, 2.05) is 0 Å². The number of piperidine rings is 1. The largest absolute Gasteiger partial charge is 0.393 e. The van der Waals surface area contributed by atoms with Crippen LogP contribution in [0.1, 0.15) is 51.4 Å². The summed E-state index contributed by atoms with van der Waals surface area (Å²) in [6, 6.07) is 0.731. The van der Waals surface area contributed by atoms with E-state index in [2.05, 4.69) is 4.90 Å². The van der Waals surface area contributed by atoms with Crippen LogP contribution in [0, 0.1) is 0 Å². The molecule has 0 aromatic carbocycles. The SMILES string of the molecule is OC1CCN(C2CCCCC(Cl)CC2)CC1. The number of aliphatic hydroxyl groups excluding tert-OH is 1. The molecule has 0 aromatic rings. The highest BCUT2D eigenvalue weighted by Gasteiger charge is 2.25. The predicted molar refractivity (Wildman–Crippen MR) is 67.9 cm³/mol. The van der Waals surface area contributed by atoms with Gasteiger partial charge in [0.05, 0.1) is 6.10 Å². The fraction of sp³-hybridized carbons (Fsp3) is 1.00. The van der Waals surface area contributed by atoms with Crippen molar-refractivity contribution in [1.82, 2.24) is 4.90 Å². The van der Waals surface area contributed by atoms with E-state index in [9.17, 15) is 5.11 Å². The summed E-state index contributed by atoms with van der Waals surface area (Å²) in [6.07, 6.45) is 9.45. The number of rotatable bonds is 1. The summed E-state index contributed by atoms with van der Waals surface area (Å²) in [7, 11) is 0. The highest BCUT2D eigenvalue weighted by molar-refractivity contribution is 6.20. The molecule has 3 heteroatoms. The van der Waals surface area contributed by atoms with Gasteiger partial charge in [-0.15, -0.1) is 11.6 Å². The van der Waals surface area contributed by atoms with Crippen molar-refractivity contribution in [1.29, 1.82) is 0 Å². The molecule has 2 aliphatic rings. The van der Waals surface area contributed by atoms with Gasteiger partial charge in [0, 0.05) is 24.5 Å². The zero-order valence-corrected chi connectivity index (χ0v) is 10.8. The Morgan fingerprint density at radius 2 is 1.56 bits per heavy atom. The lowest BCUT2D eigenvalue weighted by Crippen LogP contribution is -2.43. The first kappa shape index (κ1) is 12.7. The van der Waals surface area contributed by atoms with Crippen LogP contribution in [0.25, 0.3) is 0 Å². The summed E-state index contributed by atoms with van der Waals surface area (Å²) in [6.45, 7) is 2.16. The maximum absolute atomic E-state index is 9.52. The highest BCUT2D eigenvalue weighted by atomic mass is 35.5. The number of hydrogen-bond donors (Lipinski definition) is 1. The molecule has 1 saturated carbocycles. The number of alkyl halides is 1. The third kappa shape index (κ3) is 3.61. The highest BCUT2D eigenvalue weighted by Crippen LogP contribution is 2.26. The summed E-state index contributed by atoms with van der Waals surface area (Å²) in [5, 5.41) is 9.92. The van der Waals surface area contributed by atoms with Gasteiger partial charge in [-0.1, -0.05) is 12.8 Å². The van der Waals surface area contributed by atoms with E-state index in [0.29, 0.717) is 5.38 Å². The van der Waals surface area contributed by atoms with Crippen molar-refractivity contribution >= 4 is 11.6 Å². The van der Waals surface area contributed by atoms with Crippen molar-refractivity contribution in [2.75, 3.05) is 13.1 Å². The monoisotopic (exact) mass is 245 g/mol. The Hall–Kier alpha value is 0.210. The molecule has 2 rings (SSSR count). The molecule has 94 valence electrons. The van der Waals surface area contributed by atoms with Crippen LogP contribution in [0.15, 0.2) is 0 Å². The topological polar surface area (TPSA) is 23.5 Å². The van der Waals surface area contributed by atoms with Gasteiger partial charge in [-0.2, -0.15) is 0 Å². The van der Waals surface area contributed by atoms with Gasteiger partial charge >= 0.3 is 0 Å². The second-order valence-corrected chi connectivity index (χ2v) is 6.00. The molecule has 1 aliphatic carbocycles. The summed E-state index contributed by atoms with van der Waals surface area (Å²) in [4.78, 5) is 2.58. The molecule has 16 heavy (non-hydrogen) atoms.